The number of nitrogens with zero attached hydrogens (tertiary/aromatic N) is 1. The first-order valence-corrected chi connectivity index (χ1v) is 7.55. The minimum Gasteiger partial charge on any atom is -0.477 e. The normalized spacial score (nSPS) is 15.5. The lowest BCUT2D eigenvalue weighted by atomic mass is 9.97. The Morgan fingerprint density at radius 3 is 2.71 bits per heavy atom. The third kappa shape index (κ3) is 2.60. The van der Waals surface area contributed by atoms with Crippen LogP contribution in [-0.4, -0.2) is 16.2 Å². The number of aromatic carboxylic acids is 1. The van der Waals surface area contributed by atoms with E-state index in [0.29, 0.717) is 15.8 Å². The molecule has 4 nitrogen and oxygen atoms in total. The highest BCUT2D eigenvalue weighted by Crippen LogP contribution is 2.40. The van der Waals surface area contributed by atoms with Gasteiger partial charge in [0, 0.05) is 16.0 Å². The molecule has 1 fully saturated rings. The summed E-state index contributed by atoms with van der Waals surface area (Å²) in [5.74, 6) is -0.922. The van der Waals surface area contributed by atoms with Crippen LogP contribution in [0.25, 0.3) is 11.3 Å². The van der Waals surface area contributed by atoms with Gasteiger partial charge in [0.15, 0.2) is 5.76 Å². The highest BCUT2D eigenvalue weighted by molar-refractivity contribution is 9.10. The summed E-state index contributed by atoms with van der Waals surface area (Å²) in [4.78, 5) is 11.6. The van der Waals surface area contributed by atoms with E-state index in [4.69, 9.17) is 4.52 Å². The van der Waals surface area contributed by atoms with Gasteiger partial charge in [-0.25, -0.2) is 9.18 Å². The molecule has 21 heavy (non-hydrogen) atoms. The average molecular weight is 354 g/mol. The topological polar surface area (TPSA) is 63.3 Å². The quantitative estimate of drug-likeness (QED) is 0.875. The number of carboxylic acid groups (broad SMARTS) is 1. The van der Waals surface area contributed by atoms with Crippen molar-refractivity contribution >= 4 is 21.9 Å². The molecule has 110 valence electrons. The number of carboxylic acids is 1. The van der Waals surface area contributed by atoms with Gasteiger partial charge in [-0.05, 0) is 47.0 Å². The van der Waals surface area contributed by atoms with Gasteiger partial charge in [0.05, 0.1) is 0 Å². The molecule has 1 heterocycles. The molecule has 1 aliphatic carbocycles. The standard InChI is InChI=1S/C15H13BrFNO3/c16-11-7-9(17)5-6-10(11)13-12(15(19)20)14(21-18-13)8-3-1-2-4-8/h5-8H,1-4H2,(H,19,20). The lowest BCUT2D eigenvalue weighted by molar-refractivity contribution is 0.0694. The third-order valence-electron chi connectivity index (χ3n) is 3.84. The Morgan fingerprint density at radius 1 is 1.38 bits per heavy atom. The summed E-state index contributed by atoms with van der Waals surface area (Å²) in [5, 5.41) is 13.4. The molecule has 2 aromatic rings. The molecule has 0 spiro atoms. The molecule has 0 bridgehead atoms. The van der Waals surface area contributed by atoms with Crippen LogP contribution in [0.2, 0.25) is 0 Å². The zero-order valence-electron chi connectivity index (χ0n) is 11.1. The Bertz CT molecular complexity index is 692. The molecule has 1 aliphatic rings. The first-order chi connectivity index (χ1) is 10.1. The predicted molar refractivity (Wildman–Crippen MR) is 77.8 cm³/mol. The van der Waals surface area contributed by atoms with Gasteiger partial charge in [-0.2, -0.15) is 0 Å². The van der Waals surface area contributed by atoms with E-state index >= 15 is 0 Å². The number of hydrogen-bond acceptors (Lipinski definition) is 3. The van der Waals surface area contributed by atoms with Crippen LogP contribution in [0.3, 0.4) is 0 Å². The molecule has 3 rings (SSSR count). The van der Waals surface area contributed by atoms with E-state index in [-0.39, 0.29) is 17.2 Å². The minimum atomic E-state index is -1.07. The third-order valence-corrected chi connectivity index (χ3v) is 4.50. The van der Waals surface area contributed by atoms with Crippen molar-refractivity contribution in [3.05, 3.63) is 39.8 Å². The summed E-state index contributed by atoms with van der Waals surface area (Å²) in [6.45, 7) is 0. The second-order valence-corrected chi connectivity index (χ2v) is 6.04. The SMILES string of the molecule is O=C(O)c1c(-c2ccc(F)cc2Br)noc1C1CCCC1. The summed E-state index contributed by atoms with van der Waals surface area (Å²) in [6, 6.07) is 4.06. The lowest BCUT2D eigenvalue weighted by Gasteiger charge is -2.06. The fourth-order valence-electron chi connectivity index (χ4n) is 2.84. The smallest absolute Gasteiger partial charge is 0.341 e. The molecule has 1 aromatic heterocycles. The largest absolute Gasteiger partial charge is 0.477 e. The van der Waals surface area contributed by atoms with Gasteiger partial charge in [0.2, 0.25) is 0 Å². The highest BCUT2D eigenvalue weighted by atomic mass is 79.9. The van der Waals surface area contributed by atoms with Crippen LogP contribution in [0, 0.1) is 5.82 Å². The summed E-state index contributed by atoms with van der Waals surface area (Å²) in [5.41, 5.74) is 0.854. The van der Waals surface area contributed by atoms with Crippen molar-refractivity contribution in [2.75, 3.05) is 0 Å². The number of benzene rings is 1. The molecule has 6 heteroatoms. The van der Waals surface area contributed by atoms with Crippen LogP contribution < -0.4 is 0 Å². The van der Waals surface area contributed by atoms with Crippen LogP contribution >= 0.6 is 15.9 Å². The Labute approximate surface area is 129 Å². The van der Waals surface area contributed by atoms with Gasteiger partial charge < -0.3 is 9.63 Å². The molecule has 0 unspecified atom stereocenters. The van der Waals surface area contributed by atoms with E-state index in [1.165, 1.54) is 18.2 Å². The average Bonchev–Trinajstić information content (AvgIpc) is 3.07. The van der Waals surface area contributed by atoms with Crippen LogP contribution in [0.1, 0.15) is 47.7 Å². The highest BCUT2D eigenvalue weighted by Gasteiger charge is 2.31. The lowest BCUT2D eigenvalue weighted by Crippen LogP contribution is -2.04. The van der Waals surface area contributed by atoms with Crippen LogP contribution in [0.15, 0.2) is 27.2 Å². The second-order valence-electron chi connectivity index (χ2n) is 5.18. The van der Waals surface area contributed by atoms with Gasteiger partial charge in [0.1, 0.15) is 17.1 Å². The molecule has 1 aromatic carbocycles. The zero-order valence-corrected chi connectivity index (χ0v) is 12.7. The van der Waals surface area contributed by atoms with Crippen molar-refractivity contribution in [1.29, 1.82) is 0 Å². The van der Waals surface area contributed by atoms with Gasteiger partial charge in [-0.3, -0.25) is 0 Å². The maximum Gasteiger partial charge on any atom is 0.341 e. The van der Waals surface area contributed by atoms with Crippen molar-refractivity contribution in [2.45, 2.75) is 31.6 Å². The van der Waals surface area contributed by atoms with Crippen LogP contribution in [-0.2, 0) is 0 Å². The number of halogens is 2. The number of rotatable bonds is 3. The molecule has 1 saturated carbocycles. The predicted octanol–water partition coefficient (Wildman–Crippen LogP) is 4.60. The molecular formula is C15H13BrFNO3. The maximum absolute atomic E-state index is 13.2. The molecule has 0 amide bonds. The Morgan fingerprint density at radius 2 is 2.10 bits per heavy atom. The van der Waals surface area contributed by atoms with Crippen molar-refractivity contribution in [3.63, 3.8) is 0 Å². The zero-order chi connectivity index (χ0) is 15.0. The maximum atomic E-state index is 13.2. The fraction of sp³-hybridized carbons (Fsp3) is 0.333. The number of hydrogen-bond donors (Lipinski definition) is 1. The molecule has 1 N–H and O–H groups in total. The van der Waals surface area contributed by atoms with Crippen molar-refractivity contribution in [2.24, 2.45) is 0 Å². The first kappa shape index (κ1) is 14.3. The van der Waals surface area contributed by atoms with Gasteiger partial charge >= 0.3 is 5.97 Å². The Balaban J connectivity index is 2.12. The molecular weight excluding hydrogens is 341 g/mol. The van der Waals surface area contributed by atoms with E-state index in [1.807, 2.05) is 0 Å². The monoisotopic (exact) mass is 353 g/mol. The van der Waals surface area contributed by atoms with E-state index in [1.54, 1.807) is 0 Å². The van der Waals surface area contributed by atoms with E-state index in [9.17, 15) is 14.3 Å². The summed E-state index contributed by atoms with van der Waals surface area (Å²) in [7, 11) is 0. The number of carbonyl (C=O) groups is 1. The van der Waals surface area contributed by atoms with E-state index < -0.39 is 11.8 Å². The Kier molecular flexibility index (Phi) is 3.80. The molecule has 0 atom stereocenters. The molecule has 0 radical (unpaired) electrons. The van der Waals surface area contributed by atoms with Crippen LogP contribution in [0.4, 0.5) is 4.39 Å². The number of aromatic nitrogens is 1. The summed E-state index contributed by atoms with van der Waals surface area (Å²) < 4.78 is 19.0. The van der Waals surface area contributed by atoms with Gasteiger partial charge in [0.25, 0.3) is 0 Å². The first-order valence-electron chi connectivity index (χ1n) is 6.76. The van der Waals surface area contributed by atoms with Crippen molar-refractivity contribution in [1.82, 2.24) is 5.16 Å². The second kappa shape index (κ2) is 5.60. The fourth-order valence-corrected chi connectivity index (χ4v) is 3.38. The minimum absolute atomic E-state index is 0.0919. The summed E-state index contributed by atoms with van der Waals surface area (Å²) in [6.07, 6.45) is 3.97. The van der Waals surface area contributed by atoms with E-state index in [2.05, 4.69) is 21.1 Å². The summed E-state index contributed by atoms with van der Waals surface area (Å²) >= 11 is 3.25. The van der Waals surface area contributed by atoms with Gasteiger partial charge in [-0.1, -0.05) is 18.0 Å². The van der Waals surface area contributed by atoms with E-state index in [0.717, 1.165) is 25.7 Å². The molecule has 0 saturated heterocycles. The Hall–Kier alpha value is -1.69. The van der Waals surface area contributed by atoms with Crippen LogP contribution in [0.5, 0.6) is 0 Å². The van der Waals surface area contributed by atoms with Crippen molar-refractivity contribution < 1.29 is 18.8 Å². The van der Waals surface area contributed by atoms with Gasteiger partial charge in [-0.15, -0.1) is 0 Å². The van der Waals surface area contributed by atoms with Crippen molar-refractivity contribution in [3.8, 4) is 11.3 Å². The molecule has 0 aliphatic heterocycles.